The van der Waals surface area contributed by atoms with Gasteiger partial charge in [-0.15, -0.1) is 20.4 Å². The average molecular weight is 467 g/mol. The predicted octanol–water partition coefficient (Wildman–Crippen LogP) is 3.72. The summed E-state index contributed by atoms with van der Waals surface area (Å²) in [5.41, 5.74) is 3.10. The lowest BCUT2D eigenvalue weighted by Crippen LogP contribution is -2.10. The van der Waals surface area contributed by atoms with Crippen molar-refractivity contribution >= 4 is 28.9 Å². The standard InChI is InChI=1S/C22H22N6O2S2/c1-15-5-3-4-6-18(15)21-26-24-19(32-21)13-17(29)14-31-22-27-25-20(28(22)11-12-30-2)16-7-9-23-10-8-16/h3-10H,11-14H2,1-2H3. The molecule has 0 aliphatic rings. The molecule has 0 atom stereocenters. The average Bonchev–Trinajstić information content (AvgIpc) is 3.44. The van der Waals surface area contributed by atoms with Gasteiger partial charge in [0, 0.05) is 30.6 Å². The molecule has 0 spiro atoms. The number of thioether (sulfide) groups is 1. The number of benzene rings is 1. The van der Waals surface area contributed by atoms with Crippen LogP contribution in [0.4, 0.5) is 0 Å². The van der Waals surface area contributed by atoms with E-state index in [4.69, 9.17) is 4.74 Å². The second-order valence-corrected chi connectivity index (χ2v) is 9.01. The number of rotatable bonds is 10. The van der Waals surface area contributed by atoms with Gasteiger partial charge in [0.2, 0.25) is 0 Å². The molecule has 0 amide bonds. The fourth-order valence-corrected chi connectivity index (χ4v) is 4.89. The molecular formula is C22H22N6O2S2. The number of Topliss-reactive ketones (excluding diaryl/α,β-unsaturated/α-hetero) is 1. The summed E-state index contributed by atoms with van der Waals surface area (Å²) in [6.45, 7) is 3.15. The van der Waals surface area contributed by atoms with Crippen molar-refractivity contribution in [1.29, 1.82) is 0 Å². The maximum atomic E-state index is 12.6. The molecule has 0 radical (unpaired) electrons. The number of hydrogen-bond donors (Lipinski definition) is 0. The summed E-state index contributed by atoms with van der Waals surface area (Å²) in [4.78, 5) is 16.7. The molecule has 10 heteroatoms. The van der Waals surface area contributed by atoms with Crippen LogP contribution in [0.2, 0.25) is 0 Å². The first-order valence-corrected chi connectivity index (χ1v) is 11.8. The number of aryl methyl sites for hydroxylation is 1. The minimum Gasteiger partial charge on any atom is -0.383 e. The van der Waals surface area contributed by atoms with Gasteiger partial charge >= 0.3 is 0 Å². The van der Waals surface area contributed by atoms with Crippen LogP contribution in [0, 0.1) is 6.92 Å². The van der Waals surface area contributed by atoms with E-state index in [1.165, 1.54) is 23.1 Å². The van der Waals surface area contributed by atoms with Crippen LogP contribution < -0.4 is 0 Å². The number of aromatic nitrogens is 6. The van der Waals surface area contributed by atoms with Gasteiger partial charge in [0.25, 0.3) is 0 Å². The lowest BCUT2D eigenvalue weighted by Gasteiger charge is -2.09. The first kappa shape index (κ1) is 22.3. The number of methoxy groups -OCH3 is 1. The van der Waals surface area contributed by atoms with Gasteiger partial charge in [0.1, 0.15) is 15.8 Å². The summed E-state index contributed by atoms with van der Waals surface area (Å²) in [6, 6.07) is 11.8. The molecule has 0 saturated carbocycles. The second-order valence-electron chi connectivity index (χ2n) is 7.01. The SMILES string of the molecule is COCCn1c(SCC(=O)Cc2nnc(-c3ccccc3C)s2)nnc1-c1ccncc1. The van der Waals surface area contributed by atoms with Crippen LogP contribution in [-0.2, 0) is 22.5 Å². The Labute approximate surface area is 194 Å². The predicted molar refractivity (Wildman–Crippen MR) is 125 cm³/mol. The fourth-order valence-electron chi connectivity index (χ4n) is 3.11. The highest BCUT2D eigenvalue weighted by molar-refractivity contribution is 7.99. The Morgan fingerprint density at radius 3 is 2.69 bits per heavy atom. The largest absolute Gasteiger partial charge is 0.383 e. The van der Waals surface area contributed by atoms with Crippen LogP contribution in [0.1, 0.15) is 10.6 Å². The molecule has 3 heterocycles. The molecule has 0 unspecified atom stereocenters. The van der Waals surface area contributed by atoms with Gasteiger partial charge < -0.3 is 4.74 Å². The number of nitrogens with zero attached hydrogens (tertiary/aromatic N) is 6. The first-order valence-electron chi connectivity index (χ1n) is 10.0. The number of hydrogen-bond acceptors (Lipinski definition) is 9. The summed E-state index contributed by atoms with van der Waals surface area (Å²) < 4.78 is 7.20. The van der Waals surface area contributed by atoms with Gasteiger partial charge in [-0.25, -0.2) is 0 Å². The van der Waals surface area contributed by atoms with Gasteiger partial charge in [-0.1, -0.05) is 47.4 Å². The van der Waals surface area contributed by atoms with Crippen molar-refractivity contribution in [3.8, 4) is 22.0 Å². The zero-order valence-electron chi connectivity index (χ0n) is 17.8. The Bertz CT molecular complexity index is 1190. The van der Waals surface area contributed by atoms with Crippen molar-refractivity contribution in [1.82, 2.24) is 29.9 Å². The third kappa shape index (κ3) is 5.26. The van der Waals surface area contributed by atoms with E-state index in [-0.39, 0.29) is 18.0 Å². The van der Waals surface area contributed by atoms with E-state index in [2.05, 4.69) is 25.4 Å². The van der Waals surface area contributed by atoms with Crippen molar-refractivity contribution in [2.75, 3.05) is 19.5 Å². The van der Waals surface area contributed by atoms with Crippen LogP contribution >= 0.6 is 23.1 Å². The Morgan fingerprint density at radius 2 is 1.91 bits per heavy atom. The summed E-state index contributed by atoms with van der Waals surface area (Å²) in [5.74, 6) is 1.07. The number of ketones is 1. The van der Waals surface area contributed by atoms with Gasteiger partial charge in [0.05, 0.1) is 25.3 Å². The molecule has 0 N–H and O–H groups in total. The van der Waals surface area contributed by atoms with Gasteiger partial charge in [-0.2, -0.15) is 0 Å². The summed E-state index contributed by atoms with van der Waals surface area (Å²) in [5, 5.41) is 19.3. The van der Waals surface area contributed by atoms with Crippen LogP contribution in [0.25, 0.3) is 22.0 Å². The van der Waals surface area contributed by atoms with E-state index >= 15 is 0 Å². The van der Waals surface area contributed by atoms with E-state index < -0.39 is 0 Å². The molecule has 32 heavy (non-hydrogen) atoms. The highest BCUT2D eigenvalue weighted by atomic mass is 32.2. The zero-order valence-corrected chi connectivity index (χ0v) is 19.4. The van der Waals surface area contributed by atoms with Crippen LogP contribution in [0.3, 0.4) is 0 Å². The number of carbonyl (C=O) groups excluding carboxylic acids is 1. The lowest BCUT2D eigenvalue weighted by atomic mass is 10.1. The minimum atomic E-state index is 0.0641. The molecule has 4 rings (SSSR count). The Morgan fingerprint density at radius 1 is 1.09 bits per heavy atom. The first-order chi connectivity index (χ1) is 15.7. The molecule has 0 fully saturated rings. The maximum Gasteiger partial charge on any atom is 0.192 e. The molecule has 0 aliphatic heterocycles. The Balaban J connectivity index is 1.42. The third-order valence-electron chi connectivity index (χ3n) is 4.73. The topological polar surface area (TPSA) is 95.7 Å². The highest BCUT2D eigenvalue weighted by Crippen LogP contribution is 2.27. The quantitative estimate of drug-likeness (QED) is 0.326. The summed E-state index contributed by atoms with van der Waals surface area (Å²) in [7, 11) is 1.65. The van der Waals surface area contributed by atoms with Gasteiger partial charge in [0.15, 0.2) is 11.0 Å². The molecule has 8 nitrogen and oxygen atoms in total. The summed E-state index contributed by atoms with van der Waals surface area (Å²) in [6.07, 6.45) is 3.68. The molecular weight excluding hydrogens is 444 g/mol. The lowest BCUT2D eigenvalue weighted by molar-refractivity contribution is -0.116. The third-order valence-corrected chi connectivity index (χ3v) is 6.71. The van der Waals surface area contributed by atoms with E-state index in [0.29, 0.717) is 23.3 Å². The maximum absolute atomic E-state index is 12.6. The smallest absolute Gasteiger partial charge is 0.192 e. The molecule has 0 saturated heterocycles. The molecule has 4 aromatic rings. The van der Waals surface area contributed by atoms with Gasteiger partial charge in [-0.05, 0) is 24.6 Å². The van der Waals surface area contributed by atoms with Crippen molar-refractivity contribution in [2.24, 2.45) is 0 Å². The van der Waals surface area contributed by atoms with E-state index in [9.17, 15) is 4.79 Å². The summed E-state index contributed by atoms with van der Waals surface area (Å²) >= 11 is 2.83. The fraction of sp³-hybridized carbons (Fsp3) is 0.273. The van der Waals surface area contributed by atoms with Crippen molar-refractivity contribution in [3.05, 3.63) is 59.4 Å². The van der Waals surface area contributed by atoms with Gasteiger partial charge in [-0.3, -0.25) is 14.3 Å². The number of carbonyl (C=O) groups is 1. The molecule has 164 valence electrons. The van der Waals surface area contributed by atoms with E-state index in [1.54, 1.807) is 19.5 Å². The second kappa shape index (κ2) is 10.6. The normalized spacial score (nSPS) is 11.1. The van der Waals surface area contributed by atoms with Crippen molar-refractivity contribution in [3.63, 3.8) is 0 Å². The highest BCUT2D eigenvalue weighted by Gasteiger charge is 2.17. The Hall–Kier alpha value is -2.95. The number of pyridine rings is 1. The Kier molecular flexibility index (Phi) is 7.35. The molecule has 0 aliphatic carbocycles. The molecule has 1 aromatic carbocycles. The van der Waals surface area contributed by atoms with Crippen molar-refractivity contribution < 1.29 is 9.53 Å². The minimum absolute atomic E-state index is 0.0641. The number of ether oxygens (including phenoxy) is 1. The van der Waals surface area contributed by atoms with E-state index in [1.807, 2.05) is 47.9 Å². The van der Waals surface area contributed by atoms with Crippen LogP contribution in [0.5, 0.6) is 0 Å². The van der Waals surface area contributed by atoms with Crippen LogP contribution in [0.15, 0.2) is 53.9 Å². The van der Waals surface area contributed by atoms with Crippen molar-refractivity contribution in [2.45, 2.75) is 25.0 Å². The molecule has 0 bridgehead atoms. The van der Waals surface area contributed by atoms with E-state index in [0.717, 1.165) is 27.5 Å². The monoisotopic (exact) mass is 466 g/mol. The molecule has 3 aromatic heterocycles. The zero-order chi connectivity index (χ0) is 22.3. The van der Waals surface area contributed by atoms with Crippen LogP contribution in [-0.4, -0.2) is 55.2 Å².